The second kappa shape index (κ2) is 6.28. The zero-order valence-electron chi connectivity index (χ0n) is 9.21. The first-order valence-electron chi connectivity index (χ1n) is 4.85. The van der Waals surface area contributed by atoms with Crippen LogP contribution in [0.2, 0.25) is 5.02 Å². The number of aromatic hydroxyl groups is 1. The molecule has 0 heterocycles. The van der Waals surface area contributed by atoms with Crippen LogP contribution in [0.1, 0.15) is 31.9 Å². The largest absolute Gasteiger partial charge is 0.506 e. The lowest BCUT2D eigenvalue weighted by Crippen LogP contribution is -2.13. The van der Waals surface area contributed by atoms with Gasteiger partial charge in [-0.2, -0.15) is 0 Å². The third-order valence-corrected chi connectivity index (χ3v) is 2.47. The predicted octanol–water partition coefficient (Wildman–Crippen LogP) is 3.65. The van der Waals surface area contributed by atoms with E-state index in [-0.39, 0.29) is 23.2 Å². The van der Waals surface area contributed by atoms with Crippen LogP contribution in [0.15, 0.2) is 12.1 Å². The van der Waals surface area contributed by atoms with Crippen LogP contribution < -0.4 is 5.73 Å². The third-order valence-electron chi connectivity index (χ3n) is 2.18. The Morgan fingerprint density at radius 3 is 2.50 bits per heavy atom. The van der Waals surface area contributed by atoms with E-state index in [2.05, 4.69) is 0 Å². The summed E-state index contributed by atoms with van der Waals surface area (Å²) in [5.74, 6) is -0.223. The Morgan fingerprint density at radius 1 is 1.44 bits per heavy atom. The highest BCUT2D eigenvalue weighted by molar-refractivity contribution is 6.32. The quantitative estimate of drug-likeness (QED) is 0.878. The van der Waals surface area contributed by atoms with Crippen molar-refractivity contribution in [2.75, 3.05) is 0 Å². The second-order valence-electron chi connectivity index (χ2n) is 4.06. The van der Waals surface area contributed by atoms with E-state index in [0.29, 0.717) is 17.9 Å². The molecule has 0 aliphatic carbocycles. The zero-order chi connectivity index (χ0) is 11.6. The van der Waals surface area contributed by atoms with Crippen molar-refractivity contribution in [2.45, 2.75) is 26.3 Å². The van der Waals surface area contributed by atoms with E-state index in [4.69, 9.17) is 17.3 Å². The van der Waals surface area contributed by atoms with Gasteiger partial charge in [-0.15, -0.1) is 12.4 Å². The summed E-state index contributed by atoms with van der Waals surface area (Å²) in [6.45, 7) is 4.02. The van der Waals surface area contributed by atoms with Gasteiger partial charge in [0.25, 0.3) is 0 Å². The van der Waals surface area contributed by atoms with E-state index in [1.807, 2.05) is 13.8 Å². The summed E-state index contributed by atoms with van der Waals surface area (Å²) in [6, 6.07) is 1.91. The molecule has 0 aliphatic rings. The van der Waals surface area contributed by atoms with Gasteiger partial charge >= 0.3 is 0 Å². The smallest absolute Gasteiger partial charge is 0.139 e. The van der Waals surface area contributed by atoms with E-state index < -0.39 is 11.9 Å². The van der Waals surface area contributed by atoms with Gasteiger partial charge in [-0.25, -0.2) is 4.39 Å². The normalized spacial score (nSPS) is 12.4. The van der Waals surface area contributed by atoms with Gasteiger partial charge < -0.3 is 10.8 Å². The number of phenolic OH excluding ortho intramolecular Hbond substituents is 1. The Balaban J connectivity index is 0.00000225. The summed E-state index contributed by atoms with van der Waals surface area (Å²) in [7, 11) is 0. The molecule has 0 saturated heterocycles. The molecule has 1 rings (SSSR count). The number of rotatable bonds is 3. The summed E-state index contributed by atoms with van der Waals surface area (Å²) < 4.78 is 13.1. The fourth-order valence-electron chi connectivity index (χ4n) is 1.50. The summed E-state index contributed by atoms with van der Waals surface area (Å²) in [6.07, 6.45) is 0.674. The Kier molecular flexibility index (Phi) is 6.08. The fourth-order valence-corrected chi connectivity index (χ4v) is 1.72. The molecule has 92 valence electrons. The van der Waals surface area contributed by atoms with Gasteiger partial charge in [0, 0.05) is 11.6 Å². The zero-order valence-corrected chi connectivity index (χ0v) is 10.8. The van der Waals surface area contributed by atoms with Crippen LogP contribution in [0.25, 0.3) is 0 Å². The Hall–Kier alpha value is -0.510. The minimum absolute atomic E-state index is 0. The van der Waals surface area contributed by atoms with Crippen LogP contribution in [0, 0.1) is 11.7 Å². The molecule has 16 heavy (non-hydrogen) atoms. The van der Waals surface area contributed by atoms with Crippen LogP contribution in [0.4, 0.5) is 4.39 Å². The first kappa shape index (κ1) is 15.5. The number of nitrogens with two attached hydrogens (primary N) is 1. The van der Waals surface area contributed by atoms with Crippen molar-refractivity contribution in [3.05, 3.63) is 28.5 Å². The lowest BCUT2D eigenvalue weighted by atomic mass is 9.97. The lowest BCUT2D eigenvalue weighted by molar-refractivity contribution is 0.442. The number of benzene rings is 1. The molecule has 0 aliphatic heterocycles. The van der Waals surface area contributed by atoms with Gasteiger partial charge in [0.05, 0.1) is 5.02 Å². The highest BCUT2D eigenvalue weighted by Gasteiger charge is 2.16. The van der Waals surface area contributed by atoms with Crippen molar-refractivity contribution in [3.8, 4) is 5.75 Å². The predicted molar refractivity (Wildman–Crippen MR) is 66.7 cm³/mol. The molecule has 0 amide bonds. The molecular weight excluding hydrogens is 252 g/mol. The second-order valence-corrected chi connectivity index (χ2v) is 4.47. The summed E-state index contributed by atoms with van der Waals surface area (Å²) >= 11 is 5.65. The van der Waals surface area contributed by atoms with Gasteiger partial charge in [0.2, 0.25) is 0 Å². The number of phenols is 1. The van der Waals surface area contributed by atoms with Crippen LogP contribution >= 0.6 is 24.0 Å². The van der Waals surface area contributed by atoms with E-state index >= 15 is 0 Å². The Labute approximate surface area is 106 Å². The van der Waals surface area contributed by atoms with E-state index in [1.165, 1.54) is 6.07 Å². The van der Waals surface area contributed by atoms with Crippen LogP contribution in [-0.2, 0) is 0 Å². The molecule has 5 heteroatoms. The SMILES string of the molecule is CC(C)C[C@@H](N)c1cc(F)cc(Cl)c1O.Cl. The minimum atomic E-state index is -0.480. The molecule has 1 aromatic rings. The molecule has 0 aromatic heterocycles. The van der Waals surface area contributed by atoms with Gasteiger partial charge in [-0.3, -0.25) is 0 Å². The molecular formula is C11H16Cl2FNO. The average Bonchev–Trinajstić information content (AvgIpc) is 2.09. The maximum Gasteiger partial charge on any atom is 0.139 e. The highest BCUT2D eigenvalue weighted by Crippen LogP contribution is 2.33. The maximum atomic E-state index is 13.1. The van der Waals surface area contributed by atoms with Crippen molar-refractivity contribution >= 4 is 24.0 Å². The first-order valence-corrected chi connectivity index (χ1v) is 5.23. The lowest BCUT2D eigenvalue weighted by Gasteiger charge is -2.16. The monoisotopic (exact) mass is 267 g/mol. The van der Waals surface area contributed by atoms with E-state index in [0.717, 1.165) is 6.07 Å². The summed E-state index contributed by atoms with van der Waals surface area (Å²) in [4.78, 5) is 0. The fraction of sp³-hybridized carbons (Fsp3) is 0.455. The molecule has 1 aromatic carbocycles. The van der Waals surface area contributed by atoms with Crippen molar-refractivity contribution in [3.63, 3.8) is 0 Å². The number of hydrogen-bond acceptors (Lipinski definition) is 2. The van der Waals surface area contributed by atoms with Crippen molar-refractivity contribution < 1.29 is 9.50 Å². The third kappa shape index (κ3) is 3.81. The highest BCUT2D eigenvalue weighted by atomic mass is 35.5. The molecule has 0 unspecified atom stereocenters. The van der Waals surface area contributed by atoms with Crippen molar-refractivity contribution in [1.82, 2.24) is 0 Å². The van der Waals surface area contributed by atoms with Crippen molar-refractivity contribution in [2.24, 2.45) is 11.7 Å². The van der Waals surface area contributed by atoms with Crippen molar-refractivity contribution in [1.29, 1.82) is 0 Å². The maximum absolute atomic E-state index is 13.1. The van der Waals surface area contributed by atoms with Gasteiger partial charge in [0.15, 0.2) is 0 Å². The number of halogens is 3. The molecule has 0 bridgehead atoms. The standard InChI is InChI=1S/C11H15ClFNO.ClH/c1-6(2)3-10(14)8-4-7(13)5-9(12)11(8)15;/h4-6,10,15H,3,14H2,1-2H3;1H/t10-;/m1./s1. The molecule has 1 atom stereocenters. The van der Waals surface area contributed by atoms with Gasteiger partial charge in [-0.1, -0.05) is 25.4 Å². The Bertz CT molecular complexity index is 358. The molecule has 3 N–H and O–H groups in total. The van der Waals surface area contributed by atoms with E-state index in [9.17, 15) is 9.50 Å². The van der Waals surface area contributed by atoms with E-state index in [1.54, 1.807) is 0 Å². The molecule has 0 radical (unpaired) electrons. The average molecular weight is 268 g/mol. The Morgan fingerprint density at radius 2 is 2.00 bits per heavy atom. The molecule has 0 spiro atoms. The van der Waals surface area contributed by atoms with Gasteiger partial charge in [0.1, 0.15) is 11.6 Å². The molecule has 0 fully saturated rings. The van der Waals surface area contributed by atoms with Crippen LogP contribution in [0.5, 0.6) is 5.75 Å². The summed E-state index contributed by atoms with van der Waals surface area (Å²) in [5, 5.41) is 9.63. The number of hydrogen-bond donors (Lipinski definition) is 2. The van der Waals surface area contributed by atoms with Crippen LogP contribution in [-0.4, -0.2) is 5.11 Å². The van der Waals surface area contributed by atoms with Gasteiger partial charge in [-0.05, 0) is 24.5 Å². The molecule has 0 saturated carbocycles. The van der Waals surface area contributed by atoms with Crippen LogP contribution in [0.3, 0.4) is 0 Å². The minimum Gasteiger partial charge on any atom is -0.506 e. The topological polar surface area (TPSA) is 46.2 Å². The first-order chi connectivity index (χ1) is 6.91. The summed E-state index contributed by atoms with van der Waals surface area (Å²) in [5.41, 5.74) is 6.22. The molecule has 2 nitrogen and oxygen atoms in total.